The molecule has 0 aliphatic heterocycles. The van der Waals surface area contributed by atoms with Gasteiger partial charge in [0.05, 0.1) is 12.0 Å². The minimum atomic E-state index is -0.181. The molecule has 1 aromatic rings. The Morgan fingerprint density at radius 1 is 1.24 bits per heavy atom. The zero-order chi connectivity index (χ0) is 15.1. The quantitative estimate of drug-likeness (QED) is 0.458. The summed E-state index contributed by atoms with van der Waals surface area (Å²) in [6, 6.07) is 7.20. The van der Waals surface area contributed by atoms with Crippen LogP contribution in [0.1, 0.15) is 25.7 Å². The first-order valence-electron chi connectivity index (χ1n) is 7.31. The van der Waals surface area contributed by atoms with E-state index in [4.69, 9.17) is 14.2 Å². The van der Waals surface area contributed by atoms with Crippen LogP contribution in [0.3, 0.4) is 0 Å². The number of para-hydroxylation sites is 2. The van der Waals surface area contributed by atoms with Gasteiger partial charge in [-0.3, -0.25) is 4.79 Å². The summed E-state index contributed by atoms with van der Waals surface area (Å²) in [4.78, 5) is 12.2. The van der Waals surface area contributed by atoms with E-state index in [1.165, 1.54) is 0 Å². The van der Waals surface area contributed by atoms with Gasteiger partial charge in [-0.2, -0.15) is 0 Å². The lowest BCUT2D eigenvalue weighted by molar-refractivity contribution is -0.141. The molecule has 4 nitrogen and oxygen atoms in total. The largest absolute Gasteiger partial charge is 0.486 e. The number of benzene rings is 1. The SMILES string of the molecule is C=CCOc1ccccc1OC(=O)C1CCC(OC)CC1. The molecule has 4 heteroatoms. The van der Waals surface area contributed by atoms with E-state index >= 15 is 0 Å². The van der Waals surface area contributed by atoms with Crippen LogP contribution < -0.4 is 9.47 Å². The van der Waals surface area contributed by atoms with Crippen molar-refractivity contribution in [1.29, 1.82) is 0 Å². The fraction of sp³-hybridized carbons (Fsp3) is 0.471. The van der Waals surface area contributed by atoms with Crippen LogP contribution in [-0.4, -0.2) is 25.8 Å². The molecule has 0 heterocycles. The lowest BCUT2D eigenvalue weighted by Crippen LogP contribution is -2.28. The summed E-state index contributed by atoms with van der Waals surface area (Å²) in [5.74, 6) is 0.803. The Bertz CT molecular complexity index is 475. The maximum atomic E-state index is 12.2. The van der Waals surface area contributed by atoms with Crippen molar-refractivity contribution in [2.24, 2.45) is 5.92 Å². The Morgan fingerprint density at radius 2 is 1.90 bits per heavy atom. The second kappa shape index (κ2) is 7.84. The van der Waals surface area contributed by atoms with Gasteiger partial charge in [-0.25, -0.2) is 0 Å². The van der Waals surface area contributed by atoms with Crippen LogP contribution in [0.25, 0.3) is 0 Å². The molecule has 0 aromatic heterocycles. The van der Waals surface area contributed by atoms with Gasteiger partial charge < -0.3 is 14.2 Å². The van der Waals surface area contributed by atoms with E-state index in [2.05, 4.69) is 6.58 Å². The van der Waals surface area contributed by atoms with Gasteiger partial charge in [0.15, 0.2) is 11.5 Å². The van der Waals surface area contributed by atoms with E-state index in [9.17, 15) is 4.79 Å². The lowest BCUT2D eigenvalue weighted by Gasteiger charge is -2.26. The first kappa shape index (κ1) is 15.6. The van der Waals surface area contributed by atoms with Crippen molar-refractivity contribution in [3.63, 3.8) is 0 Å². The average Bonchev–Trinajstić information content (AvgIpc) is 2.54. The first-order valence-corrected chi connectivity index (χ1v) is 7.31. The molecule has 21 heavy (non-hydrogen) atoms. The molecule has 1 saturated carbocycles. The van der Waals surface area contributed by atoms with Crippen molar-refractivity contribution < 1.29 is 19.0 Å². The molecule has 0 spiro atoms. The standard InChI is InChI=1S/C17H22O4/c1-3-12-20-15-6-4-5-7-16(15)21-17(18)13-8-10-14(19-2)11-9-13/h3-7,13-14H,1,8-12H2,2H3. The molecule has 0 saturated heterocycles. The lowest BCUT2D eigenvalue weighted by atomic mass is 9.87. The zero-order valence-corrected chi connectivity index (χ0v) is 12.4. The summed E-state index contributed by atoms with van der Waals surface area (Å²) in [5, 5.41) is 0. The minimum Gasteiger partial charge on any atom is -0.486 e. The highest BCUT2D eigenvalue weighted by Crippen LogP contribution is 2.31. The summed E-state index contributed by atoms with van der Waals surface area (Å²) >= 11 is 0. The third kappa shape index (κ3) is 4.33. The molecule has 0 bridgehead atoms. The van der Waals surface area contributed by atoms with Crippen LogP contribution in [-0.2, 0) is 9.53 Å². The van der Waals surface area contributed by atoms with E-state index in [1.807, 2.05) is 12.1 Å². The average molecular weight is 290 g/mol. The Kier molecular flexibility index (Phi) is 5.81. The van der Waals surface area contributed by atoms with E-state index in [0.717, 1.165) is 25.7 Å². The highest BCUT2D eigenvalue weighted by Gasteiger charge is 2.28. The molecule has 1 aliphatic rings. The number of hydrogen-bond acceptors (Lipinski definition) is 4. The predicted octanol–water partition coefficient (Wildman–Crippen LogP) is 3.36. The number of rotatable bonds is 6. The maximum Gasteiger partial charge on any atom is 0.314 e. The summed E-state index contributed by atoms with van der Waals surface area (Å²) in [5.41, 5.74) is 0. The number of methoxy groups -OCH3 is 1. The van der Waals surface area contributed by atoms with Gasteiger partial charge in [0.25, 0.3) is 0 Å². The smallest absolute Gasteiger partial charge is 0.314 e. The second-order valence-electron chi connectivity index (χ2n) is 5.18. The highest BCUT2D eigenvalue weighted by molar-refractivity contribution is 5.76. The van der Waals surface area contributed by atoms with Crippen molar-refractivity contribution in [2.75, 3.05) is 13.7 Å². The zero-order valence-electron chi connectivity index (χ0n) is 12.4. The topological polar surface area (TPSA) is 44.8 Å². The van der Waals surface area contributed by atoms with Gasteiger partial charge in [0, 0.05) is 7.11 Å². The first-order chi connectivity index (χ1) is 10.2. The fourth-order valence-electron chi connectivity index (χ4n) is 2.53. The number of ether oxygens (including phenoxy) is 3. The number of carbonyl (C=O) groups is 1. The van der Waals surface area contributed by atoms with Crippen molar-refractivity contribution >= 4 is 5.97 Å². The molecule has 0 unspecified atom stereocenters. The number of esters is 1. The van der Waals surface area contributed by atoms with Gasteiger partial charge in [0.1, 0.15) is 6.61 Å². The van der Waals surface area contributed by atoms with Crippen molar-refractivity contribution in [3.8, 4) is 11.5 Å². The molecule has 1 fully saturated rings. The van der Waals surface area contributed by atoms with Crippen LogP contribution in [0, 0.1) is 5.92 Å². The molecule has 1 aromatic carbocycles. The molecule has 0 N–H and O–H groups in total. The normalized spacial score (nSPS) is 21.6. The van der Waals surface area contributed by atoms with Crippen LogP contribution in [0.5, 0.6) is 11.5 Å². The Hall–Kier alpha value is -1.81. The number of hydrogen-bond donors (Lipinski definition) is 0. The van der Waals surface area contributed by atoms with Crippen LogP contribution in [0.2, 0.25) is 0 Å². The molecular formula is C17H22O4. The molecule has 0 atom stereocenters. The van der Waals surface area contributed by atoms with E-state index < -0.39 is 0 Å². The van der Waals surface area contributed by atoms with Crippen molar-refractivity contribution in [3.05, 3.63) is 36.9 Å². The molecule has 114 valence electrons. The third-order valence-corrected chi connectivity index (χ3v) is 3.76. The van der Waals surface area contributed by atoms with E-state index in [-0.39, 0.29) is 18.0 Å². The van der Waals surface area contributed by atoms with Gasteiger partial charge in [-0.1, -0.05) is 24.8 Å². The van der Waals surface area contributed by atoms with Gasteiger partial charge in [0.2, 0.25) is 0 Å². The van der Waals surface area contributed by atoms with Crippen LogP contribution >= 0.6 is 0 Å². The van der Waals surface area contributed by atoms with E-state index in [1.54, 1.807) is 25.3 Å². The fourth-order valence-corrected chi connectivity index (χ4v) is 2.53. The Labute approximate surface area is 125 Å². The molecule has 0 amide bonds. The second-order valence-corrected chi connectivity index (χ2v) is 5.18. The summed E-state index contributed by atoms with van der Waals surface area (Å²) in [7, 11) is 1.72. The maximum absolute atomic E-state index is 12.2. The van der Waals surface area contributed by atoms with Crippen molar-refractivity contribution in [1.82, 2.24) is 0 Å². The number of carbonyl (C=O) groups excluding carboxylic acids is 1. The highest BCUT2D eigenvalue weighted by atomic mass is 16.6. The Balaban J connectivity index is 1.95. The van der Waals surface area contributed by atoms with Gasteiger partial charge in [-0.05, 0) is 37.8 Å². The minimum absolute atomic E-state index is 0.0520. The molecule has 2 rings (SSSR count). The summed E-state index contributed by atoms with van der Waals surface area (Å²) < 4.78 is 16.3. The third-order valence-electron chi connectivity index (χ3n) is 3.76. The molecule has 1 aliphatic carbocycles. The van der Waals surface area contributed by atoms with Gasteiger partial charge in [-0.15, -0.1) is 0 Å². The Morgan fingerprint density at radius 3 is 2.52 bits per heavy atom. The monoisotopic (exact) mass is 290 g/mol. The van der Waals surface area contributed by atoms with Crippen LogP contribution in [0.4, 0.5) is 0 Å². The van der Waals surface area contributed by atoms with E-state index in [0.29, 0.717) is 18.1 Å². The van der Waals surface area contributed by atoms with Crippen molar-refractivity contribution in [2.45, 2.75) is 31.8 Å². The van der Waals surface area contributed by atoms with Gasteiger partial charge >= 0.3 is 5.97 Å². The summed E-state index contributed by atoms with van der Waals surface area (Å²) in [6.45, 7) is 3.99. The predicted molar refractivity (Wildman–Crippen MR) is 80.5 cm³/mol. The summed E-state index contributed by atoms with van der Waals surface area (Å²) in [6.07, 6.45) is 5.37. The molecule has 0 radical (unpaired) electrons. The van der Waals surface area contributed by atoms with Crippen LogP contribution in [0.15, 0.2) is 36.9 Å². The molecular weight excluding hydrogens is 268 g/mol.